The lowest BCUT2D eigenvalue weighted by molar-refractivity contribution is -0.137. The van der Waals surface area contributed by atoms with Crippen molar-refractivity contribution in [3.05, 3.63) is 58.0 Å². The molecule has 3 aliphatic rings. The summed E-state index contributed by atoms with van der Waals surface area (Å²) in [6.07, 6.45) is 2.21. The first-order chi connectivity index (χ1) is 16.5. The molecule has 1 aromatic carbocycles. The molecule has 0 radical (unpaired) electrons. The lowest BCUT2D eigenvalue weighted by Crippen LogP contribution is -2.53. The Morgan fingerprint density at radius 2 is 1.82 bits per heavy atom. The normalized spacial score (nSPS) is 22.6. The summed E-state index contributed by atoms with van der Waals surface area (Å²) < 4.78 is 13.5. The van der Waals surface area contributed by atoms with Gasteiger partial charge in [-0.25, -0.2) is 4.39 Å². The van der Waals surface area contributed by atoms with Gasteiger partial charge in [-0.15, -0.1) is 11.3 Å². The summed E-state index contributed by atoms with van der Waals surface area (Å²) in [5.41, 5.74) is 0.346. The molecule has 9 heteroatoms. The number of nitrogens with zero attached hydrogens (tertiary/aromatic N) is 3. The van der Waals surface area contributed by atoms with Gasteiger partial charge < -0.3 is 20.0 Å². The number of thiophene rings is 1. The minimum atomic E-state index is -0.640. The molecule has 2 saturated heterocycles. The Hall–Kier alpha value is -2.78. The van der Waals surface area contributed by atoms with E-state index in [1.165, 1.54) is 24.3 Å². The van der Waals surface area contributed by atoms with Crippen LogP contribution in [0.25, 0.3) is 0 Å². The molecule has 180 valence electrons. The van der Waals surface area contributed by atoms with Crippen molar-refractivity contribution in [2.24, 2.45) is 5.92 Å². The summed E-state index contributed by atoms with van der Waals surface area (Å²) in [5.74, 6) is -0.631. The van der Waals surface area contributed by atoms with Crippen LogP contribution in [0.2, 0.25) is 0 Å². The minimum absolute atomic E-state index is 0.0455. The van der Waals surface area contributed by atoms with E-state index in [2.05, 4.69) is 5.32 Å². The molecule has 1 N–H and O–H groups in total. The Morgan fingerprint density at radius 1 is 1.09 bits per heavy atom. The van der Waals surface area contributed by atoms with Gasteiger partial charge in [0.25, 0.3) is 5.91 Å². The third-order valence-corrected chi connectivity index (χ3v) is 7.76. The Labute approximate surface area is 202 Å². The molecule has 5 rings (SSSR count). The van der Waals surface area contributed by atoms with Crippen molar-refractivity contribution in [2.45, 2.75) is 37.9 Å². The summed E-state index contributed by atoms with van der Waals surface area (Å²) in [5, 5.41) is 5.24. The molecule has 3 fully saturated rings. The second kappa shape index (κ2) is 9.84. The number of carbonyl (C=O) groups excluding carboxylic acids is 3. The number of hydrogen-bond donors (Lipinski definition) is 1. The van der Waals surface area contributed by atoms with Crippen molar-refractivity contribution in [1.29, 1.82) is 0 Å². The number of carbonyl (C=O) groups is 3. The maximum absolute atomic E-state index is 13.5. The van der Waals surface area contributed by atoms with Crippen molar-refractivity contribution in [1.82, 2.24) is 20.0 Å². The van der Waals surface area contributed by atoms with Crippen molar-refractivity contribution < 1.29 is 18.8 Å². The predicted molar refractivity (Wildman–Crippen MR) is 127 cm³/mol. The lowest BCUT2D eigenvalue weighted by atomic mass is 10.1. The molecule has 3 amide bonds. The SMILES string of the molecule is O=C(C1CC(N(Cc2cccs2)C(=O)C2CC2)CN1C(=O)c1ccc(F)cc1)N1CCNCC1. The Balaban J connectivity index is 1.42. The first kappa shape index (κ1) is 23.0. The molecule has 0 bridgehead atoms. The molecule has 3 heterocycles. The average Bonchev–Trinajstić information content (AvgIpc) is 3.41. The van der Waals surface area contributed by atoms with Crippen LogP contribution >= 0.6 is 11.3 Å². The summed E-state index contributed by atoms with van der Waals surface area (Å²) in [4.78, 5) is 46.7. The first-order valence-corrected chi connectivity index (χ1v) is 12.8. The van der Waals surface area contributed by atoms with E-state index in [1.807, 2.05) is 22.4 Å². The van der Waals surface area contributed by atoms with E-state index in [4.69, 9.17) is 0 Å². The summed E-state index contributed by atoms with van der Waals surface area (Å²) in [7, 11) is 0. The molecule has 2 aliphatic heterocycles. The van der Waals surface area contributed by atoms with E-state index in [-0.39, 0.29) is 29.7 Å². The third-order valence-electron chi connectivity index (χ3n) is 6.90. The zero-order valence-electron chi connectivity index (χ0n) is 19.0. The molecule has 1 aromatic heterocycles. The number of likely N-dealkylation sites (tertiary alicyclic amines) is 1. The molecule has 34 heavy (non-hydrogen) atoms. The van der Waals surface area contributed by atoms with Gasteiger partial charge in [0.15, 0.2) is 0 Å². The van der Waals surface area contributed by atoms with Crippen molar-refractivity contribution >= 4 is 29.1 Å². The van der Waals surface area contributed by atoms with Crippen LogP contribution in [0.3, 0.4) is 0 Å². The van der Waals surface area contributed by atoms with Gasteiger partial charge in [0.1, 0.15) is 11.9 Å². The van der Waals surface area contributed by atoms with Gasteiger partial charge in [-0.3, -0.25) is 14.4 Å². The van der Waals surface area contributed by atoms with Crippen LogP contribution in [0.4, 0.5) is 4.39 Å². The number of amides is 3. The van der Waals surface area contributed by atoms with E-state index in [0.717, 1.165) is 30.8 Å². The predicted octanol–water partition coefficient (Wildman–Crippen LogP) is 2.34. The number of rotatable bonds is 6. The van der Waals surface area contributed by atoms with Gasteiger partial charge in [0.05, 0.1) is 12.6 Å². The Kier molecular flexibility index (Phi) is 6.65. The van der Waals surface area contributed by atoms with E-state index >= 15 is 0 Å². The quantitative estimate of drug-likeness (QED) is 0.683. The maximum atomic E-state index is 13.5. The number of hydrogen-bond acceptors (Lipinski definition) is 5. The minimum Gasteiger partial charge on any atom is -0.338 e. The number of halogens is 1. The Morgan fingerprint density at radius 3 is 2.47 bits per heavy atom. The summed E-state index contributed by atoms with van der Waals surface area (Å²) in [6, 6.07) is 8.52. The molecule has 2 aromatic rings. The van der Waals surface area contributed by atoms with Crippen LogP contribution in [-0.4, -0.2) is 77.2 Å². The summed E-state index contributed by atoms with van der Waals surface area (Å²) >= 11 is 1.60. The fourth-order valence-corrected chi connectivity index (χ4v) is 5.58. The second-order valence-electron chi connectivity index (χ2n) is 9.26. The lowest BCUT2D eigenvalue weighted by Gasteiger charge is -2.32. The van der Waals surface area contributed by atoms with Crippen LogP contribution in [0.5, 0.6) is 0 Å². The average molecular weight is 485 g/mol. The van der Waals surface area contributed by atoms with Gasteiger partial charge >= 0.3 is 0 Å². The van der Waals surface area contributed by atoms with Crippen molar-refractivity contribution in [3.63, 3.8) is 0 Å². The smallest absolute Gasteiger partial charge is 0.254 e. The highest BCUT2D eigenvalue weighted by atomic mass is 32.1. The molecular weight excluding hydrogens is 455 g/mol. The molecule has 2 unspecified atom stereocenters. The number of nitrogens with one attached hydrogen (secondary N) is 1. The monoisotopic (exact) mass is 484 g/mol. The standard InChI is InChI=1S/C25H29FN4O3S/c26-19-7-5-18(6-8-19)24(32)30-15-20(14-22(30)25(33)28-11-9-27-10-12-28)29(23(31)17-3-4-17)16-21-2-1-13-34-21/h1-2,5-8,13,17,20,22,27H,3-4,9-12,14-16H2. The van der Waals surface area contributed by atoms with Gasteiger partial charge in [0, 0.05) is 49.1 Å². The van der Waals surface area contributed by atoms with E-state index in [9.17, 15) is 18.8 Å². The molecule has 7 nitrogen and oxygen atoms in total. The van der Waals surface area contributed by atoms with Crippen LogP contribution in [0.15, 0.2) is 41.8 Å². The summed E-state index contributed by atoms with van der Waals surface area (Å²) in [6.45, 7) is 3.42. The fourth-order valence-electron chi connectivity index (χ4n) is 4.87. The van der Waals surface area contributed by atoms with Crippen LogP contribution in [0.1, 0.15) is 34.5 Å². The van der Waals surface area contributed by atoms with Gasteiger partial charge in [-0.05, 0) is 55.0 Å². The highest BCUT2D eigenvalue weighted by Gasteiger charge is 2.46. The highest BCUT2D eigenvalue weighted by molar-refractivity contribution is 7.09. The molecule has 1 aliphatic carbocycles. The van der Waals surface area contributed by atoms with Crippen molar-refractivity contribution in [3.8, 4) is 0 Å². The zero-order chi connectivity index (χ0) is 23.7. The topological polar surface area (TPSA) is 73.0 Å². The fraction of sp³-hybridized carbons (Fsp3) is 0.480. The maximum Gasteiger partial charge on any atom is 0.254 e. The highest BCUT2D eigenvalue weighted by Crippen LogP contribution is 2.35. The molecule has 2 atom stereocenters. The molecular formula is C25H29FN4O3S. The molecule has 1 saturated carbocycles. The van der Waals surface area contributed by atoms with Crippen molar-refractivity contribution in [2.75, 3.05) is 32.7 Å². The zero-order valence-corrected chi connectivity index (χ0v) is 19.8. The van der Waals surface area contributed by atoms with E-state index < -0.39 is 11.9 Å². The molecule has 0 spiro atoms. The van der Waals surface area contributed by atoms with Gasteiger partial charge in [0.2, 0.25) is 11.8 Å². The Bertz CT molecular complexity index is 1030. The van der Waals surface area contributed by atoms with Crippen LogP contribution < -0.4 is 5.32 Å². The first-order valence-electron chi connectivity index (χ1n) is 11.9. The van der Waals surface area contributed by atoms with Crippen LogP contribution in [0, 0.1) is 11.7 Å². The van der Waals surface area contributed by atoms with E-state index in [0.29, 0.717) is 38.2 Å². The third kappa shape index (κ3) is 4.86. The second-order valence-corrected chi connectivity index (χ2v) is 10.3. The van der Waals surface area contributed by atoms with Crippen LogP contribution in [-0.2, 0) is 16.1 Å². The largest absolute Gasteiger partial charge is 0.338 e. The van der Waals surface area contributed by atoms with Gasteiger partial charge in [-0.2, -0.15) is 0 Å². The van der Waals surface area contributed by atoms with Gasteiger partial charge in [-0.1, -0.05) is 6.07 Å². The number of piperazine rings is 1. The number of benzene rings is 1. The van der Waals surface area contributed by atoms with E-state index in [1.54, 1.807) is 21.1 Å².